The van der Waals surface area contributed by atoms with E-state index in [1.54, 1.807) is 18.2 Å². The molecule has 0 saturated carbocycles. The Kier molecular flexibility index (Phi) is 6.36. The maximum atomic E-state index is 13.1. The molecule has 0 aromatic heterocycles. The maximum absolute atomic E-state index is 13.1. The van der Waals surface area contributed by atoms with Crippen LogP contribution in [-0.4, -0.2) is 33.2 Å². The molecule has 2 heterocycles. The zero-order valence-electron chi connectivity index (χ0n) is 19.8. The Morgan fingerprint density at radius 1 is 1.22 bits per heavy atom. The molecule has 1 N–H and O–H groups in total. The van der Waals surface area contributed by atoms with Gasteiger partial charge in [0.15, 0.2) is 0 Å². The Labute approximate surface area is 200 Å². The van der Waals surface area contributed by atoms with Crippen LogP contribution in [-0.2, 0) is 15.9 Å². The third-order valence-electron chi connectivity index (χ3n) is 7.63. The number of hydrogen-bond acceptors (Lipinski definition) is 4. The minimum atomic E-state index is -0.357. The highest BCUT2D eigenvalue weighted by Gasteiger charge is 2.51. The Morgan fingerprint density at radius 3 is 2.69 bits per heavy atom. The van der Waals surface area contributed by atoms with Gasteiger partial charge in [0, 0.05) is 5.92 Å². The number of benzene rings is 1. The summed E-state index contributed by atoms with van der Waals surface area (Å²) in [4.78, 5) is 13.1. The van der Waals surface area contributed by atoms with E-state index in [0.717, 1.165) is 37.7 Å². The Morgan fingerprint density at radius 2 is 1.97 bits per heavy atom. The topological polar surface area (TPSA) is 59.1 Å². The molecular weight excluding hydrogens is 468 g/mol. The molecule has 174 valence electrons. The molecule has 4 atom stereocenters. The molecule has 4 rings (SSSR count). The Balaban J connectivity index is 1.71. The average molecular weight is 503 g/mol. The molecule has 5 heteroatoms. The van der Waals surface area contributed by atoms with Crippen molar-refractivity contribution >= 4 is 21.9 Å². The maximum Gasteiger partial charge on any atom is 0.338 e. The van der Waals surface area contributed by atoms with Gasteiger partial charge in [-0.3, -0.25) is 0 Å². The molecule has 1 unspecified atom stereocenters. The fourth-order valence-electron chi connectivity index (χ4n) is 5.23. The van der Waals surface area contributed by atoms with E-state index in [2.05, 4.69) is 42.8 Å². The molecule has 0 spiro atoms. The molecule has 0 radical (unpaired) electrons. The fraction of sp³-hybridized carbons (Fsp3) is 0.593. The molecule has 4 nitrogen and oxygen atoms in total. The molecule has 1 aromatic carbocycles. The molecule has 1 aliphatic carbocycles. The van der Waals surface area contributed by atoms with Crippen LogP contribution in [0.1, 0.15) is 82.6 Å². The number of phenols is 1. The highest BCUT2D eigenvalue weighted by molar-refractivity contribution is 9.10. The van der Waals surface area contributed by atoms with Crippen LogP contribution in [0.2, 0.25) is 0 Å². The van der Waals surface area contributed by atoms with Crippen molar-refractivity contribution in [1.29, 1.82) is 0 Å². The molecule has 3 aliphatic rings. The van der Waals surface area contributed by atoms with E-state index in [9.17, 15) is 9.90 Å². The van der Waals surface area contributed by atoms with Crippen LogP contribution in [0, 0.1) is 5.92 Å². The lowest BCUT2D eigenvalue weighted by molar-refractivity contribution is 0.0191. The quantitative estimate of drug-likeness (QED) is 0.202. The Bertz CT molecular complexity index is 970. The molecule has 0 amide bonds. The number of aromatic hydroxyl groups is 1. The van der Waals surface area contributed by atoms with Gasteiger partial charge < -0.3 is 14.6 Å². The van der Waals surface area contributed by atoms with Gasteiger partial charge in [-0.2, -0.15) is 0 Å². The molecule has 2 bridgehead atoms. The standard InChI is InChI=1S/C27H35BrO4/c1-16-7-11-24-27(5,32-24)13-12-23(26(3,4)28)31-25(30)18-8-10-22(29)19(14-18)15-21-17(2)6-9-20(16)21/h7-8,10,14,20,23-24,29H,6,9,11-13,15H2,1-5H3/t20?,23-,24-,27-/m0/s1. The number of alkyl halides is 1. The third-order valence-corrected chi connectivity index (χ3v) is 8.14. The lowest BCUT2D eigenvalue weighted by atomic mass is 9.87. The number of hydrogen-bond donors (Lipinski definition) is 1. The second kappa shape index (κ2) is 8.64. The first-order valence-corrected chi connectivity index (χ1v) is 12.5. The summed E-state index contributed by atoms with van der Waals surface area (Å²) in [6.45, 7) is 10.6. The van der Waals surface area contributed by atoms with Gasteiger partial charge in [0.2, 0.25) is 0 Å². The van der Waals surface area contributed by atoms with E-state index >= 15 is 0 Å². The van der Waals surface area contributed by atoms with Crippen molar-refractivity contribution in [2.75, 3.05) is 0 Å². The number of phenolic OH excluding ortho intramolecular Hbond substituents is 1. The smallest absolute Gasteiger partial charge is 0.338 e. The summed E-state index contributed by atoms with van der Waals surface area (Å²) in [6, 6.07) is 5.08. The van der Waals surface area contributed by atoms with Crippen molar-refractivity contribution in [1.82, 2.24) is 0 Å². The molecule has 1 saturated heterocycles. The zero-order chi connectivity index (χ0) is 23.3. The highest BCUT2D eigenvalue weighted by Crippen LogP contribution is 2.46. The average Bonchev–Trinajstić information content (AvgIpc) is 3.23. The van der Waals surface area contributed by atoms with Gasteiger partial charge in [-0.25, -0.2) is 4.79 Å². The molecule has 1 aromatic rings. The number of ether oxygens (including phenoxy) is 2. The van der Waals surface area contributed by atoms with E-state index in [1.165, 1.54) is 16.7 Å². The summed E-state index contributed by atoms with van der Waals surface area (Å²) in [7, 11) is 0. The van der Waals surface area contributed by atoms with Crippen LogP contribution < -0.4 is 0 Å². The van der Waals surface area contributed by atoms with Gasteiger partial charge >= 0.3 is 5.97 Å². The van der Waals surface area contributed by atoms with Crippen molar-refractivity contribution < 1.29 is 19.4 Å². The van der Waals surface area contributed by atoms with E-state index in [-0.39, 0.29) is 33.9 Å². The largest absolute Gasteiger partial charge is 0.508 e. The van der Waals surface area contributed by atoms with Gasteiger partial charge in [-0.05, 0) is 96.9 Å². The minimum Gasteiger partial charge on any atom is -0.508 e. The lowest BCUT2D eigenvalue weighted by Crippen LogP contribution is -2.35. The van der Waals surface area contributed by atoms with E-state index < -0.39 is 0 Å². The van der Waals surface area contributed by atoms with E-state index in [1.807, 2.05) is 13.8 Å². The van der Waals surface area contributed by atoms with Crippen LogP contribution in [0.4, 0.5) is 0 Å². The van der Waals surface area contributed by atoms with E-state index in [0.29, 0.717) is 17.9 Å². The van der Waals surface area contributed by atoms with Crippen molar-refractivity contribution in [3.63, 3.8) is 0 Å². The van der Waals surface area contributed by atoms with Gasteiger partial charge in [0.1, 0.15) is 11.9 Å². The van der Waals surface area contributed by atoms with Gasteiger partial charge in [0.25, 0.3) is 0 Å². The number of carbonyl (C=O) groups is 1. The van der Waals surface area contributed by atoms with Crippen LogP contribution >= 0.6 is 15.9 Å². The summed E-state index contributed by atoms with van der Waals surface area (Å²) < 4.78 is 11.7. The van der Waals surface area contributed by atoms with E-state index in [4.69, 9.17) is 9.47 Å². The summed E-state index contributed by atoms with van der Waals surface area (Å²) in [5, 5.41) is 10.6. The number of esters is 1. The van der Waals surface area contributed by atoms with Crippen LogP contribution in [0.25, 0.3) is 0 Å². The van der Waals surface area contributed by atoms with Crippen molar-refractivity contribution in [2.24, 2.45) is 5.92 Å². The predicted molar refractivity (Wildman–Crippen MR) is 130 cm³/mol. The number of fused-ring (bicyclic) bond motifs is 4. The van der Waals surface area contributed by atoms with Crippen molar-refractivity contribution in [3.8, 4) is 5.75 Å². The first-order valence-electron chi connectivity index (χ1n) is 11.7. The van der Waals surface area contributed by atoms with Crippen LogP contribution in [0.5, 0.6) is 5.75 Å². The highest BCUT2D eigenvalue weighted by atomic mass is 79.9. The zero-order valence-corrected chi connectivity index (χ0v) is 21.4. The number of rotatable bonds is 1. The lowest BCUT2D eigenvalue weighted by Gasteiger charge is -2.29. The summed E-state index contributed by atoms with van der Waals surface area (Å²) in [6.07, 6.45) is 7.59. The summed E-state index contributed by atoms with van der Waals surface area (Å²) >= 11 is 3.71. The number of carbonyl (C=O) groups excluding carboxylic acids is 1. The number of cyclic esters (lactones) is 1. The second-order valence-corrected chi connectivity index (χ2v) is 12.6. The number of epoxide rings is 1. The fourth-order valence-corrected chi connectivity index (χ4v) is 5.55. The molecule has 1 fully saturated rings. The van der Waals surface area contributed by atoms with Crippen LogP contribution in [0.3, 0.4) is 0 Å². The first kappa shape index (κ1) is 23.6. The monoisotopic (exact) mass is 502 g/mol. The number of halogens is 1. The molecule has 32 heavy (non-hydrogen) atoms. The van der Waals surface area contributed by atoms with Crippen molar-refractivity contribution in [3.05, 3.63) is 52.1 Å². The first-order chi connectivity index (χ1) is 15.0. The number of allylic oxidation sites excluding steroid dienone is 3. The summed E-state index contributed by atoms with van der Waals surface area (Å²) in [5.74, 6) is 0.273. The van der Waals surface area contributed by atoms with Gasteiger partial charge in [0.05, 0.1) is 21.6 Å². The van der Waals surface area contributed by atoms with Crippen molar-refractivity contribution in [2.45, 2.75) is 95.3 Å². The Hall–Kier alpha value is -1.59. The van der Waals surface area contributed by atoms with Gasteiger partial charge in [-0.1, -0.05) is 38.7 Å². The minimum absolute atomic E-state index is 0.160. The molecule has 2 aliphatic heterocycles. The predicted octanol–water partition coefficient (Wildman–Crippen LogP) is 6.65. The second-order valence-electron chi connectivity index (χ2n) is 10.5. The van der Waals surface area contributed by atoms with Gasteiger partial charge in [-0.15, -0.1) is 0 Å². The SMILES string of the molecule is CC1=CC[C@@H]2O[C@@]2(C)CC[C@@H](C(C)(C)Br)OC(=O)c2ccc(O)c(c2)CC2=C(C)CCC12. The third kappa shape index (κ3) is 4.84. The van der Waals surface area contributed by atoms with Crippen LogP contribution in [0.15, 0.2) is 41.0 Å². The molecular formula is C27H35BrO4. The summed E-state index contributed by atoms with van der Waals surface area (Å²) in [5.41, 5.74) is 5.26. The normalized spacial score (nSPS) is 31.5.